The molecule has 0 spiro atoms. The first-order valence-corrected chi connectivity index (χ1v) is 12.0. The van der Waals surface area contributed by atoms with Crippen molar-refractivity contribution in [2.75, 3.05) is 13.1 Å². The van der Waals surface area contributed by atoms with Crippen LogP contribution in [0.2, 0.25) is 0 Å². The maximum atomic E-state index is 13.0. The van der Waals surface area contributed by atoms with E-state index >= 15 is 0 Å². The number of hydrogen-bond acceptors (Lipinski definition) is 4. The highest BCUT2D eigenvalue weighted by Gasteiger charge is 2.30. The molecule has 2 atom stereocenters. The molecule has 2 aromatic rings. The van der Waals surface area contributed by atoms with Gasteiger partial charge in [0.15, 0.2) is 6.10 Å². The lowest BCUT2D eigenvalue weighted by Gasteiger charge is -2.27. The summed E-state index contributed by atoms with van der Waals surface area (Å²) in [7, 11) is 0. The molecule has 2 rings (SSSR count). The Morgan fingerprint density at radius 1 is 0.912 bits per heavy atom. The fourth-order valence-corrected chi connectivity index (χ4v) is 3.73. The van der Waals surface area contributed by atoms with E-state index in [2.05, 4.69) is 10.6 Å². The van der Waals surface area contributed by atoms with Crippen LogP contribution in [0.25, 0.3) is 0 Å². The molecule has 0 radical (unpaired) electrons. The van der Waals surface area contributed by atoms with E-state index in [1.165, 1.54) is 0 Å². The van der Waals surface area contributed by atoms with Gasteiger partial charge in [0.2, 0.25) is 0 Å². The SMILES string of the molecule is CCCN(CCC)C(=O)c1cccc(C(=O)N[C@@H](C(C)C)C(O)C(=O)NCc2ccccc2)c1. The maximum Gasteiger partial charge on any atom is 0.253 e. The first-order chi connectivity index (χ1) is 16.3. The van der Waals surface area contributed by atoms with E-state index < -0.39 is 24.0 Å². The van der Waals surface area contributed by atoms with E-state index in [1.54, 1.807) is 29.2 Å². The van der Waals surface area contributed by atoms with Crippen LogP contribution in [0.3, 0.4) is 0 Å². The molecule has 7 heteroatoms. The molecule has 0 aliphatic rings. The molecule has 184 valence electrons. The van der Waals surface area contributed by atoms with Crippen molar-refractivity contribution in [3.8, 4) is 0 Å². The summed E-state index contributed by atoms with van der Waals surface area (Å²) in [5.74, 6) is -1.31. The van der Waals surface area contributed by atoms with Crippen LogP contribution >= 0.6 is 0 Å². The highest BCUT2D eigenvalue weighted by Crippen LogP contribution is 2.13. The van der Waals surface area contributed by atoms with Gasteiger partial charge in [-0.05, 0) is 42.5 Å². The predicted molar refractivity (Wildman–Crippen MR) is 133 cm³/mol. The molecule has 3 N–H and O–H groups in total. The largest absolute Gasteiger partial charge is 0.381 e. The molecule has 0 aliphatic carbocycles. The van der Waals surface area contributed by atoms with Crippen LogP contribution in [-0.4, -0.2) is 53.0 Å². The second-order valence-electron chi connectivity index (χ2n) is 8.76. The minimum Gasteiger partial charge on any atom is -0.381 e. The van der Waals surface area contributed by atoms with Crippen LogP contribution in [0.15, 0.2) is 54.6 Å². The molecular weight excluding hydrogens is 430 g/mol. The molecule has 0 fully saturated rings. The second-order valence-corrected chi connectivity index (χ2v) is 8.76. The van der Waals surface area contributed by atoms with Gasteiger partial charge < -0.3 is 20.6 Å². The first-order valence-electron chi connectivity index (χ1n) is 12.0. The third-order valence-corrected chi connectivity index (χ3v) is 5.58. The van der Waals surface area contributed by atoms with E-state index in [9.17, 15) is 19.5 Å². The Kier molecular flexibility index (Phi) is 10.7. The number of carbonyl (C=O) groups excluding carboxylic acids is 3. The number of rotatable bonds is 12. The van der Waals surface area contributed by atoms with Crippen LogP contribution in [0.5, 0.6) is 0 Å². The van der Waals surface area contributed by atoms with Crippen molar-refractivity contribution in [2.45, 2.75) is 59.2 Å². The number of amides is 3. The minimum absolute atomic E-state index is 0.112. The third kappa shape index (κ3) is 7.70. The molecule has 7 nitrogen and oxygen atoms in total. The van der Waals surface area contributed by atoms with Gasteiger partial charge in [-0.1, -0.05) is 64.1 Å². The zero-order valence-electron chi connectivity index (χ0n) is 20.6. The smallest absolute Gasteiger partial charge is 0.253 e. The molecule has 0 saturated carbocycles. The molecule has 34 heavy (non-hydrogen) atoms. The minimum atomic E-state index is -1.41. The fraction of sp³-hybridized carbons (Fsp3) is 0.444. The lowest BCUT2D eigenvalue weighted by molar-refractivity contribution is -0.131. The van der Waals surface area contributed by atoms with Crippen molar-refractivity contribution in [1.29, 1.82) is 0 Å². The standard InChI is InChI=1S/C27H37N3O4/c1-5-15-30(16-6-2)27(34)22-14-10-13-21(17-22)25(32)29-23(19(3)4)24(31)26(33)28-18-20-11-8-7-9-12-20/h7-14,17,19,23-24,31H,5-6,15-16,18H2,1-4H3,(H,28,33)(H,29,32)/t23-,24?/m0/s1. The van der Waals surface area contributed by atoms with Crippen LogP contribution in [0.4, 0.5) is 0 Å². The summed E-state index contributed by atoms with van der Waals surface area (Å²) >= 11 is 0. The molecule has 0 aromatic heterocycles. The monoisotopic (exact) mass is 467 g/mol. The average molecular weight is 468 g/mol. The molecule has 2 aromatic carbocycles. The summed E-state index contributed by atoms with van der Waals surface area (Å²) in [5, 5.41) is 16.2. The van der Waals surface area contributed by atoms with Gasteiger partial charge >= 0.3 is 0 Å². The lowest BCUT2D eigenvalue weighted by Crippen LogP contribution is -2.53. The Morgan fingerprint density at radius 3 is 2.12 bits per heavy atom. The molecule has 0 saturated heterocycles. The van der Waals surface area contributed by atoms with E-state index in [1.807, 2.05) is 58.0 Å². The van der Waals surface area contributed by atoms with Gasteiger partial charge in [0, 0.05) is 30.8 Å². The Labute approximate surface area is 202 Å². The Balaban J connectivity index is 2.09. The van der Waals surface area contributed by atoms with Crippen molar-refractivity contribution < 1.29 is 19.5 Å². The van der Waals surface area contributed by atoms with Crippen molar-refractivity contribution in [3.63, 3.8) is 0 Å². The molecule has 3 amide bonds. The van der Waals surface area contributed by atoms with E-state index in [0.717, 1.165) is 18.4 Å². The molecular formula is C27H37N3O4. The summed E-state index contributed by atoms with van der Waals surface area (Å²) < 4.78 is 0. The zero-order chi connectivity index (χ0) is 25.1. The average Bonchev–Trinajstić information content (AvgIpc) is 2.85. The molecule has 0 heterocycles. The van der Waals surface area contributed by atoms with E-state index in [0.29, 0.717) is 24.2 Å². The van der Waals surface area contributed by atoms with Crippen LogP contribution in [0, 0.1) is 5.92 Å². The summed E-state index contributed by atoms with van der Waals surface area (Å²) in [6.45, 7) is 9.29. The third-order valence-electron chi connectivity index (χ3n) is 5.58. The first kappa shape index (κ1) is 27.1. The van der Waals surface area contributed by atoms with Crippen LogP contribution in [0.1, 0.15) is 66.8 Å². The van der Waals surface area contributed by atoms with E-state index in [-0.39, 0.29) is 18.4 Å². The van der Waals surface area contributed by atoms with Crippen molar-refractivity contribution in [2.24, 2.45) is 5.92 Å². The van der Waals surface area contributed by atoms with Crippen LogP contribution in [-0.2, 0) is 11.3 Å². The van der Waals surface area contributed by atoms with Gasteiger partial charge in [-0.3, -0.25) is 14.4 Å². The van der Waals surface area contributed by atoms with Gasteiger partial charge in [-0.25, -0.2) is 0 Å². The predicted octanol–water partition coefficient (Wildman–Crippen LogP) is 3.38. The lowest BCUT2D eigenvalue weighted by atomic mass is 9.97. The number of hydrogen-bond donors (Lipinski definition) is 3. The summed E-state index contributed by atoms with van der Waals surface area (Å²) in [6.07, 6.45) is 0.292. The zero-order valence-corrected chi connectivity index (χ0v) is 20.6. The van der Waals surface area contributed by atoms with Gasteiger partial charge in [0.1, 0.15) is 0 Å². The maximum absolute atomic E-state index is 13.0. The summed E-state index contributed by atoms with van der Waals surface area (Å²) in [4.78, 5) is 40.2. The topological polar surface area (TPSA) is 98.7 Å². The second kappa shape index (κ2) is 13.5. The van der Waals surface area contributed by atoms with Crippen molar-refractivity contribution >= 4 is 17.7 Å². The number of aliphatic hydroxyl groups excluding tert-OH is 1. The Morgan fingerprint density at radius 2 is 1.53 bits per heavy atom. The van der Waals surface area contributed by atoms with Crippen LogP contribution < -0.4 is 10.6 Å². The number of nitrogens with one attached hydrogen (secondary N) is 2. The number of aliphatic hydroxyl groups is 1. The number of carbonyl (C=O) groups is 3. The quantitative estimate of drug-likeness (QED) is 0.446. The van der Waals surface area contributed by atoms with Gasteiger partial charge in [0.05, 0.1) is 6.04 Å². The Hall–Kier alpha value is -3.19. The molecule has 1 unspecified atom stereocenters. The van der Waals surface area contributed by atoms with Gasteiger partial charge in [-0.15, -0.1) is 0 Å². The Bertz CT molecular complexity index is 940. The summed E-state index contributed by atoms with van der Waals surface area (Å²) in [5.41, 5.74) is 1.66. The molecule has 0 aliphatic heterocycles. The van der Waals surface area contributed by atoms with Crippen molar-refractivity contribution in [3.05, 3.63) is 71.3 Å². The summed E-state index contributed by atoms with van der Waals surface area (Å²) in [6, 6.07) is 15.2. The van der Waals surface area contributed by atoms with Crippen molar-refractivity contribution in [1.82, 2.24) is 15.5 Å². The van der Waals surface area contributed by atoms with E-state index in [4.69, 9.17) is 0 Å². The van der Waals surface area contributed by atoms with Gasteiger partial charge in [-0.2, -0.15) is 0 Å². The fourth-order valence-electron chi connectivity index (χ4n) is 3.73. The number of nitrogens with zero attached hydrogens (tertiary/aromatic N) is 1. The number of benzene rings is 2. The normalized spacial score (nSPS) is 12.6. The highest BCUT2D eigenvalue weighted by molar-refractivity contribution is 6.00. The van der Waals surface area contributed by atoms with Gasteiger partial charge in [0.25, 0.3) is 17.7 Å². The highest BCUT2D eigenvalue weighted by atomic mass is 16.3. The molecule has 0 bridgehead atoms.